The van der Waals surface area contributed by atoms with Gasteiger partial charge in [0, 0.05) is 29.4 Å². The van der Waals surface area contributed by atoms with Crippen LogP contribution in [0.4, 0.5) is 0 Å². The van der Waals surface area contributed by atoms with Crippen LogP contribution in [0.5, 0.6) is 0 Å². The highest BCUT2D eigenvalue weighted by Crippen LogP contribution is 2.28. The number of nitrogens with zero attached hydrogens (tertiary/aromatic N) is 1. The third kappa shape index (κ3) is 5.85. The van der Waals surface area contributed by atoms with Crippen LogP contribution >= 0.6 is 11.8 Å². The Morgan fingerprint density at radius 1 is 1.25 bits per heavy atom. The van der Waals surface area contributed by atoms with Gasteiger partial charge in [0.1, 0.15) is 5.76 Å². The molecule has 1 aromatic heterocycles. The predicted molar refractivity (Wildman–Crippen MR) is 112 cm³/mol. The molecule has 0 saturated heterocycles. The molecule has 1 N–H and O–H groups in total. The van der Waals surface area contributed by atoms with Crippen molar-refractivity contribution in [2.75, 3.05) is 13.2 Å². The molecule has 5 nitrogen and oxygen atoms in total. The van der Waals surface area contributed by atoms with Crippen molar-refractivity contribution in [3.8, 4) is 0 Å². The Morgan fingerprint density at radius 2 is 2.04 bits per heavy atom. The van der Waals surface area contributed by atoms with E-state index in [2.05, 4.69) is 10.5 Å². The number of nitrogens with one attached hydrogen (secondary N) is 1. The Kier molecular flexibility index (Phi) is 7.98. The van der Waals surface area contributed by atoms with Gasteiger partial charge in [-0.05, 0) is 45.2 Å². The predicted octanol–water partition coefficient (Wildman–Crippen LogP) is 5.05. The first-order chi connectivity index (χ1) is 13.6. The Morgan fingerprint density at radius 3 is 2.79 bits per heavy atom. The number of benzene rings is 1. The fourth-order valence-corrected chi connectivity index (χ4v) is 4.69. The molecule has 1 amide bonds. The lowest BCUT2D eigenvalue weighted by molar-refractivity contribution is 0.0273. The lowest BCUT2D eigenvalue weighted by Gasteiger charge is -2.21. The van der Waals surface area contributed by atoms with E-state index >= 15 is 0 Å². The fraction of sp³-hybridized carbons (Fsp3) is 0.545. The summed E-state index contributed by atoms with van der Waals surface area (Å²) >= 11 is 1.64. The van der Waals surface area contributed by atoms with Gasteiger partial charge in [0.2, 0.25) is 0 Å². The molecule has 0 bridgehead atoms. The molecule has 0 radical (unpaired) electrons. The van der Waals surface area contributed by atoms with E-state index in [0.717, 1.165) is 34.1 Å². The molecule has 0 unspecified atom stereocenters. The maximum atomic E-state index is 12.6. The number of hydrogen-bond donors (Lipinski definition) is 1. The van der Waals surface area contributed by atoms with Crippen LogP contribution in [0.1, 0.15) is 65.9 Å². The van der Waals surface area contributed by atoms with Crippen LogP contribution in [0.3, 0.4) is 0 Å². The molecule has 6 heteroatoms. The summed E-state index contributed by atoms with van der Waals surface area (Å²) in [7, 11) is 0. The first-order valence-corrected chi connectivity index (χ1v) is 11.2. The van der Waals surface area contributed by atoms with Crippen LogP contribution < -0.4 is 5.32 Å². The van der Waals surface area contributed by atoms with Gasteiger partial charge in [0.05, 0.1) is 17.4 Å². The molecule has 152 valence electrons. The lowest BCUT2D eigenvalue weighted by Crippen LogP contribution is -2.26. The average molecular weight is 403 g/mol. The maximum Gasteiger partial charge on any atom is 0.252 e. The van der Waals surface area contributed by atoms with Gasteiger partial charge in [-0.25, -0.2) is 0 Å². The van der Waals surface area contributed by atoms with E-state index in [1.807, 2.05) is 38.1 Å². The highest BCUT2D eigenvalue weighted by Gasteiger charge is 2.15. The Balaban J connectivity index is 1.45. The standard InChI is InChI=1S/C22H30N2O3S/c1-16-20(17(2)27-24-16)15-28-21-12-7-6-11-19(21)22(25)23-13-8-14-26-18-9-4-3-5-10-18/h6-7,11-12,18H,3-5,8-10,13-15H2,1-2H3,(H,23,25). The summed E-state index contributed by atoms with van der Waals surface area (Å²) in [5.41, 5.74) is 2.72. The van der Waals surface area contributed by atoms with Gasteiger partial charge in [0.15, 0.2) is 0 Å². The minimum Gasteiger partial charge on any atom is -0.378 e. The van der Waals surface area contributed by atoms with Crippen LogP contribution in [0.2, 0.25) is 0 Å². The summed E-state index contributed by atoms with van der Waals surface area (Å²) in [6, 6.07) is 7.74. The van der Waals surface area contributed by atoms with Crippen molar-refractivity contribution in [3.05, 3.63) is 46.8 Å². The third-order valence-corrected chi connectivity index (χ3v) is 6.30. The number of aryl methyl sites for hydroxylation is 2. The van der Waals surface area contributed by atoms with Crippen LogP contribution in [0, 0.1) is 13.8 Å². The van der Waals surface area contributed by atoms with Gasteiger partial charge in [-0.1, -0.05) is 36.6 Å². The zero-order valence-electron chi connectivity index (χ0n) is 16.8. The molecule has 1 saturated carbocycles. The molecule has 1 heterocycles. The molecule has 1 aliphatic rings. The van der Waals surface area contributed by atoms with Crippen molar-refractivity contribution in [1.82, 2.24) is 10.5 Å². The van der Waals surface area contributed by atoms with Gasteiger partial charge in [0.25, 0.3) is 5.91 Å². The number of carbonyl (C=O) groups is 1. The highest BCUT2D eigenvalue weighted by atomic mass is 32.2. The quantitative estimate of drug-likeness (QED) is 0.469. The monoisotopic (exact) mass is 402 g/mol. The highest BCUT2D eigenvalue weighted by molar-refractivity contribution is 7.98. The van der Waals surface area contributed by atoms with Gasteiger partial charge in [-0.2, -0.15) is 0 Å². The van der Waals surface area contributed by atoms with Crippen molar-refractivity contribution >= 4 is 17.7 Å². The van der Waals surface area contributed by atoms with Crippen molar-refractivity contribution < 1.29 is 14.1 Å². The largest absolute Gasteiger partial charge is 0.378 e. The molecular formula is C22H30N2O3S. The Hall–Kier alpha value is -1.79. The second-order valence-corrected chi connectivity index (χ2v) is 8.34. The summed E-state index contributed by atoms with van der Waals surface area (Å²) in [6.07, 6.45) is 7.53. The van der Waals surface area contributed by atoms with Crippen molar-refractivity contribution in [1.29, 1.82) is 0 Å². The van der Waals surface area contributed by atoms with E-state index in [-0.39, 0.29) is 5.91 Å². The first-order valence-electron chi connectivity index (χ1n) is 10.2. The smallest absolute Gasteiger partial charge is 0.252 e. The molecule has 1 fully saturated rings. The summed E-state index contributed by atoms with van der Waals surface area (Å²) in [4.78, 5) is 13.6. The molecule has 2 aromatic rings. The molecule has 3 rings (SSSR count). The van der Waals surface area contributed by atoms with E-state index in [4.69, 9.17) is 9.26 Å². The average Bonchev–Trinajstić information content (AvgIpc) is 3.04. The van der Waals surface area contributed by atoms with E-state index < -0.39 is 0 Å². The summed E-state index contributed by atoms with van der Waals surface area (Å²) in [6.45, 7) is 5.21. The van der Waals surface area contributed by atoms with E-state index in [1.54, 1.807) is 11.8 Å². The number of aromatic nitrogens is 1. The molecule has 0 atom stereocenters. The molecule has 28 heavy (non-hydrogen) atoms. The van der Waals surface area contributed by atoms with Gasteiger partial charge in [-0.3, -0.25) is 4.79 Å². The maximum absolute atomic E-state index is 12.6. The summed E-state index contributed by atoms with van der Waals surface area (Å²) in [5, 5.41) is 7.03. The van der Waals surface area contributed by atoms with Crippen LogP contribution in [-0.2, 0) is 10.5 Å². The molecule has 0 spiro atoms. The second-order valence-electron chi connectivity index (χ2n) is 7.33. The van der Waals surface area contributed by atoms with Gasteiger partial charge < -0.3 is 14.6 Å². The normalized spacial score (nSPS) is 14.9. The zero-order chi connectivity index (χ0) is 19.8. The van der Waals surface area contributed by atoms with Gasteiger partial charge in [-0.15, -0.1) is 11.8 Å². The molecular weight excluding hydrogens is 372 g/mol. The minimum atomic E-state index is -0.0282. The van der Waals surface area contributed by atoms with Crippen LogP contribution in [-0.4, -0.2) is 30.3 Å². The number of rotatable bonds is 9. The number of carbonyl (C=O) groups excluding carboxylic acids is 1. The van der Waals surface area contributed by atoms with Crippen LogP contribution in [0.15, 0.2) is 33.7 Å². The van der Waals surface area contributed by atoms with Crippen LogP contribution in [0.25, 0.3) is 0 Å². The number of amides is 1. The lowest BCUT2D eigenvalue weighted by atomic mass is 9.98. The molecule has 0 aliphatic heterocycles. The SMILES string of the molecule is Cc1noc(C)c1CSc1ccccc1C(=O)NCCCOC1CCCCC1. The number of thioether (sulfide) groups is 1. The second kappa shape index (κ2) is 10.7. The van der Waals surface area contributed by atoms with Crippen molar-refractivity contribution in [3.63, 3.8) is 0 Å². The molecule has 1 aromatic carbocycles. The summed E-state index contributed by atoms with van der Waals surface area (Å²) < 4.78 is 11.2. The van der Waals surface area contributed by atoms with E-state index in [0.29, 0.717) is 24.8 Å². The first kappa shape index (κ1) is 20.9. The van der Waals surface area contributed by atoms with Crippen molar-refractivity contribution in [2.45, 2.75) is 69.1 Å². The van der Waals surface area contributed by atoms with E-state index in [1.165, 1.54) is 32.1 Å². The Bertz CT molecular complexity index is 749. The number of hydrogen-bond acceptors (Lipinski definition) is 5. The topological polar surface area (TPSA) is 64.4 Å². The Labute approximate surface area is 171 Å². The number of ether oxygens (including phenoxy) is 1. The van der Waals surface area contributed by atoms with Gasteiger partial charge >= 0.3 is 0 Å². The van der Waals surface area contributed by atoms with E-state index in [9.17, 15) is 4.79 Å². The minimum absolute atomic E-state index is 0.0282. The molecule has 1 aliphatic carbocycles. The van der Waals surface area contributed by atoms with Crippen molar-refractivity contribution in [2.24, 2.45) is 0 Å². The zero-order valence-corrected chi connectivity index (χ0v) is 17.6. The fourth-order valence-electron chi connectivity index (χ4n) is 3.49. The summed E-state index contributed by atoms with van der Waals surface area (Å²) in [5.74, 6) is 1.55. The third-order valence-electron chi connectivity index (χ3n) is 5.20.